The van der Waals surface area contributed by atoms with Crippen molar-refractivity contribution in [3.8, 4) is 11.3 Å². The van der Waals surface area contributed by atoms with Crippen LogP contribution in [0.2, 0.25) is 0 Å². The van der Waals surface area contributed by atoms with Crippen LogP contribution in [0.15, 0.2) is 42.5 Å². The van der Waals surface area contributed by atoms with Gasteiger partial charge < -0.3 is 15.2 Å². The Morgan fingerprint density at radius 2 is 2.10 bits per heavy atom. The summed E-state index contributed by atoms with van der Waals surface area (Å²) in [6, 6.07) is 14.3. The highest BCUT2D eigenvalue weighted by Crippen LogP contribution is 2.22. The lowest BCUT2D eigenvalue weighted by Gasteiger charge is -2.24. The molecule has 4 heteroatoms. The summed E-state index contributed by atoms with van der Waals surface area (Å²) in [4.78, 5) is 17.9. The summed E-state index contributed by atoms with van der Waals surface area (Å²) in [7, 11) is 1.93. The molecule has 0 radical (unpaired) electrons. The molecule has 2 N–H and O–H groups in total. The van der Waals surface area contributed by atoms with Crippen molar-refractivity contribution in [2.24, 2.45) is 0 Å². The quantitative estimate of drug-likeness (QED) is 0.905. The fourth-order valence-corrected chi connectivity index (χ4v) is 3.01. The van der Waals surface area contributed by atoms with Crippen molar-refractivity contribution >= 4 is 5.91 Å². The van der Waals surface area contributed by atoms with E-state index in [0.29, 0.717) is 11.7 Å². The maximum absolute atomic E-state index is 12.6. The van der Waals surface area contributed by atoms with E-state index in [4.69, 9.17) is 0 Å². The van der Waals surface area contributed by atoms with Gasteiger partial charge in [-0.25, -0.2) is 0 Å². The van der Waals surface area contributed by atoms with Gasteiger partial charge in [-0.2, -0.15) is 0 Å². The number of likely N-dealkylation sites (tertiary alicyclic amines) is 1. The zero-order chi connectivity index (χ0) is 14.7. The number of nitrogens with zero attached hydrogens (tertiary/aromatic N) is 1. The third-order valence-electron chi connectivity index (χ3n) is 4.08. The lowest BCUT2D eigenvalue weighted by molar-refractivity contribution is 0.0732. The lowest BCUT2D eigenvalue weighted by Crippen LogP contribution is -2.40. The Hall–Kier alpha value is -2.07. The largest absolute Gasteiger partial charge is 0.351 e. The van der Waals surface area contributed by atoms with Crippen molar-refractivity contribution in [1.29, 1.82) is 0 Å². The molecule has 21 heavy (non-hydrogen) atoms. The van der Waals surface area contributed by atoms with Gasteiger partial charge in [-0.15, -0.1) is 0 Å². The van der Waals surface area contributed by atoms with E-state index in [-0.39, 0.29) is 5.91 Å². The SMILES string of the molecule is CNCC1CCCN1C(=O)c1ccc(-c2ccccc2)[nH]1. The van der Waals surface area contributed by atoms with Crippen LogP contribution in [-0.2, 0) is 0 Å². The van der Waals surface area contributed by atoms with Gasteiger partial charge in [-0.05, 0) is 37.6 Å². The molecular formula is C17H21N3O. The molecule has 1 fully saturated rings. The summed E-state index contributed by atoms with van der Waals surface area (Å²) in [6.07, 6.45) is 2.17. The van der Waals surface area contributed by atoms with Crippen LogP contribution in [0, 0.1) is 0 Å². The number of H-pyrrole nitrogens is 1. The Kier molecular flexibility index (Phi) is 4.06. The van der Waals surface area contributed by atoms with Crippen LogP contribution in [0.5, 0.6) is 0 Å². The molecule has 1 aromatic carbocycles. The van der Waals surface area contributed by atoms with E-state index in [1.165, 1.54) is 0 Å². The number of likely N-dealkylation sites (N-methyl/N-ethyl adjacent to an activating group) is 1. The Morgan fingerprint density at radius 3 is 2.86 bits per heavy atom. The van der Waals surface area contributed by atoms with Gasteiger partial charge in [0, 0.05) is 24.8 Å². The molecular weight excluding hydrogens is 262 g/mol. The average Bonchev–Trinajstić information content (AvgIpc) is 3.17. The Labute approximate surface area is 125 Å². The average molecular weight is 283 g/mol. The molecule has 1 aliphatic heterocycles. The van der Waals surface area contributed by atoms with Gasteiger partial charge in [0.05, 0.1) is 0 Å². The molecule has 1 atom stereocenters. The zero-order valence-electron chi connectivity index (χ0n) is 12.3. The molecule has 2 heterocycles. The van der Waals surface area contributed by atoms with Crippen LogP contribution >= 0.6 is 0 Å². The van der Waals surface area contributed by atoms with E-state index in [1.807, 2.05) is 54.4 Å². The van der Waals surface area contributed by atoms with Crippen LogP contribution < -0.4 is 5.32 Å². The van der Waals surface area contributed by atoms with E-state index in [2.05, 4.69) is 10.3 Å². The highest BCUT2D eigenvalue weighted by Gasteiger charge is 2.29. The normalized spacial score (nSPS) is 18.1. The van der Waals surface area contributed by atoms with E-state index >= 15 is 0 Å². The molecule has 1 aliphatic rings. The van der Waals surface area contributed by atoms with Crippen molar-refractivity contribution in [2.75, 3.05) is 20.1 Å². The number of amides is 1. The first-order valence-corrected chi connectivity index (χ1v) is 7.49. The second-order valence-electron chi connectivity index (χ2n) is 5.50. The Bertz CT molecular complexity index is 606. The van der Waals surface area contributed by atoms with Crippen LogP contribution in [-0.4, -0.2) is 42.0 Å². The summed E-state index contributed by atoms with van der Waals surface area (Å²) in [5.41, 5.74) is 2.77. The first kappa shape index (κ1) is 13.9. The topological polar surface area (TPSA) is 48.1 Å². The number of carbonyl (C=O) groups excluding carboxylic acids is 1. The molecule has 2 aromatic rings. The predicted octanol–water partition coefficient (Wildman–Crippen LogP) is 2.51. The second-order valence-corrected chi connectivity index (χ2v) is 5.50. The number of aromatic nitrogens is 1. The second kappa shape index (κ2) is 6.14. The van der Waals surface area contributed by atoms with Gasteiger partial charge in [0.2, 0.25) is 0 Å². The molecule has 0 bridgehead atoms. The molecule has 4 nitrogen and oxygen atoms in total. The molecule has 0 aliphatic carbocycles. The first-order valence-electron chi connectivity index (χ1n) is 7.49. The Morgan fingerprint density at radius 1 is 1.29 bits per heavy atom. The molecule has 110 valence electrons. The molecule has 0 spiro atoms. The molecule has 3 rings (SSSR count). The molecule has 1 aromatic heterocycles. The molecule has 1 amide bonds. The summed E-state index contributed by atoms with van der Waals surface area (Å²) in [5.74, 6) is 0.106. The van der Waals surface area contributed by atoms with Gasteiger partial charge in [-0.1, -0.05) is 30.3 Å². The highest BCUT2D eigenvalue weighted by atomic mass is 16.2. The first-order chi connectivity index (χ1) is 10.3. The number of nitrogens with one attached hydrogen (secondary N) is 2. The summed E-state index contributed by atoms with van der Waals surface area (Å²) < 4.78 is 0. The van der Waals surface area contributed by atoms with Crippen LogP contribution in [0.25, 0.3) is 11.3 Å². The maximum atomic E-state index is 12.6. The number of hydrogen-bond acceptors (Lipinski definition) is 2. The van der Waals surface area contributed by atoms with E-state index in [1.54, 1.807) is 0 Å². The summed E-state index contributed by atoms with van der Waals surface area (Å²) >= 11 is 0. The van der Waals surface area contributed by atoms with Crippen molar-refractivity contribution in [1.82, 2.24) is 15.2 Å². The minimum atomic E-state index is 0.106. The smallest absolute Gasteiger partial charge is 0.270 e. The van der Waals surface area contributed by atoms with E-state index < -0.39 is 0 Å². The summed E-state index contributed by atoms with van der Waals surface area (Å²) in [5, 5.41) is 3.17. The molecule has 0 saturated carbocycles. The highest BCUT2D eigenvalue weighted by molar-refractivity contribution is 5.93. The number of rotatable bonds is 4. The van der Waals surface area contributed by atoms with Gasteiger partial charge in [0.25, 0.3) is 5.91 Å². The van der Waals surface area contributed by atoms with Crippen LogP contribution in [0.3, 0.4) is 0 Å². The monoisotopic (exact) mass is 283 g/mol. The fourth-order valence-electron chi connectivity index (χ4n) is 3.01. The van der Waals surface area contributed by atoms with Crippen molar-refractivity contribution in [2.45, 2.75) is 18.9 Å². The van der Waals surface area contributed by atoms with Gasteiger partial charge in [0.15, 0.2) is 0 Å². The van der Waals surface area contributed by atoms with Crippen LogP contribution in [0.1, 0.15) is 23.3 Å². The minimum absolute atomic E-state index is 0.106. The zero-order valence-corrected chi connectivity index (χ0v) is 12.3. The number of benzene rings is 1. The lowest BCUT2D eigenvalue weighted by atomic mass is 10.2. The van der Waals surface area contributed by atoms with Gasteiger partial charge >= 0.3 is 0 Å². The fraction of sp³-hybridized carbons (Fsp3) is 0.353. The van der Waals surface area contributed by atoms with Gasteiger partial charge in [-0.3, -0.25) is 4.79 Å². The van der Waals surface area contributed by atoms with Crippen LogP contribution in [0.4, 0.5) is 0 Å². The van der Waals surface area contributed by atoms with Crippen molar-refractivity contribution in [3.63, 3.8) is 0 Å². The predicted molar refractivity (Wildman–Crippen MR) is 84.2 cm³/mol. The standard InChI is InChI=1S/C17H21N3O/c1-18-12-14-8-5-11-20(14)17(21)16-10-9-15(19-16)13-6-3-2-4-7-13/h2-4,6-7,9-10,14,18-19H,5,8,11-12H2,1H3. The third-order valence-corrected chi connectivity index (χ3v) is 4.08. The maximum Gasteiger partial charge on any atom is 0.270 e. The number of carbonyl (C=O) groups is 1. The van der Waals surface area contributed by atoms with Crippen molar-refractivity contribution < 1.29 is 4.79 Å². The van der Waals surface area contributed by atoms with E-state index in [9.17, 15) is 4.79 Å². The van der Waals surface area contributed by atoms with Gasteiger partial charge in [0.1, 0.15) is 5.69 Å². The molecule has 1 saturated heterocycles. The number of hydrogen-bond donors (Lipinski definition) is 2. The third kappa shape index (κ3) is 2.85. The Balaban J connectivity index is 1.78. The van der Waals surface area contributed by atoms with Crippen molar-refractivity contribution in [3.05, 3.63) is 48.2 Å². The minimum Gasteiger partial charge on any atom is -0.351 e. The summed E-state index contributed by atoms with van der Waals surface area (Å²) in [6.45, 7) is 1.71. The van der Waals surface area contributed by atoms with E-state index in [0.717, 1.165) is 37.2 Å². The molecule has 1 unspecified atom stereocenters. The number of aromatic amines is 1.